The maximum absolute atomic E-state index is 14.0. The number of benzene rings is 3. The minimum absolute atomic E-state index is 0.129. The normalized spacial score (nSPS) is 11.4. The lowest BCUT2D eigenvalue weighted by Gasteiger charge is -2.21. The number of rotatable bonds is 7. The number of imidazole rings is 1. The smallest absolute Gasteiger partial charge is 0.354 e. The van der Waals surface area contributed by atoms with Gasteiger partial charge in [0.25, 0.3) is 0 Å². The van der Waals surface area contributed by atoms with Crippen molar-refractivity contribution in [3.8, 4) is 11.5 Å². The number of nitrogens with one attached hydrogen (secondary N) is 2. The number of anilines is 2. The molecule has 7 nitrogen and oxygen atoms in total. The van der Waals surface area contributed by atoms with Crippen LogP contribution in [0, 0.1) is 5.82 Å². The van der Waals surface area contributed by atoms with E-state index in [2.05, 4.69) is 30.9 Å². The SMILES string of the molecule is CCOC(=O)c1cc2cc(Oc3ccc(N(c4nc5c(Br)cc(F)cc5[nH]4)C(F)F)cc3)ccc2[nH]1. The zero-order valence-corrected chi connectivity index (χ0v) is 20.3. The van der Waals surface area contributed by atoms with Crippen molar-refractivity contribution < 1.29 is 27.4 Å². The van der Waals surface area contributed by atoms with Crippen molar-refractivity contribution in [3.05, 3.63) is 76.6 Å². The second-order valence-electron chi connectivity index (χ2n) is 7.74. The fraction of sp³-hybridized carbons (Fsp3) is 0.120. The van der Waals surface area contributed by atoms with Gasteiger partial charge in [-0.25, -0.2) is 14.2 Å². The third kappa shape index (κ3) is 4.61. The first kappa shape index (κ1) is 23.7. The van der Waals surface area contributed by atoms with Gasteiger partial charge in [-0.05, 0) is 83.5 Å². The Bertz CT molecular complexity index is 1570. The molecule has 0 amide bonds. The summed E-state index contributed by atoms with van der Waals surface area (Å²) >= 11 is 3.20. The fourth-order valence-corrected chi connectivity index (χ4v) is 4.30. The molecule has 2 heterocycles. The standard InChI is InChI=1S/C25H18BrF3N4O3/c1-2-35-23(34)21-10-13-9-17(7-8-19(13)30-21)36-16-5-3-15(4-6-16)33(24(28)29)25-31-20-12-14(27)11-18(26)22(20)32-25/h3-12,24,30H,2H2,1H3,(H,31,32). The van der Waals surface area contributed by atoms with Crippen LogP contribution in [-0.2, 0) is 4.74 Å². The van der Waals surface area contributed by atoms with E-state index in [9.17, 15) is 18.0 Å². The molecule has 0 atom stereocenters. The molecule has 0 aliphatic carbocycles. The van der Waals surface area contributed by atoms with Gasteiger partial charge in [0.1, 0.15) is 28.5 Å². The molecule has 36 heavy (non-hydrogen) atoms. The first-order valence-electron chi connectivity index (χ1n) is 10.8. The second kappa shape index (κ2) is 9.57. The number of aromatic amines is 2. The van der Waals surface area contributed by atoms with Crippen LogP contribution in [0.15, 0.2) is 65.1 Å². The minimum Gasteiger partial charge on any atom is -0.461 e. The highest BCUT2D eigenvalue weighted by Crippen LogP contribution is 2.34. The Morgan fingerprint density at radius 2 is 1.78 bits per heavy atom. The summed E-state index contributed by atoms with van der Waals surface area (Å²) in [5, 5.41) is 0.753. The van der Waals surface area contributed by atoms with Crippen LogP contribution in [0.3, 0.4) is 0 Å². The molecule has 2 N–H and O–H groups in total. The molecule has 3 aromatic carbocycles. The lowest BCUT2D eigenvalue weighted by Crippen LogP contribution is -2.24. The summed E-state index contributed by atoms with van der Waals surface area (Å²) in [6.07, 6.45) is 0. The van der Waals surface area contributed by atoms with Gasteiger partial charge in [0.2, 0.25) is 5.95 Å². The van der Waals surface area contributed by atoms with Crippen molar-refractivity contribution in [2.24, 2.45) is 0 Å². The van der Waals surface area contributed by atoms with E-state index in [1.54, 1.807) is 43.3 Å². The zero-order chi connectivity index (χ0) is 25.4. The lowest BCUT2D eigenvalue weighted by atomic mass is 10.2. The molecule has 0 saturated carbocycles. The van der Waals surface area contributed by atoms with Crippen LogP contribution in [-0.4, -0.2) is 34.1 Å². The van der Waals surface area contributed by atoms with E-state index in [0.717, 1.165) is 10.9 Å². The zero-order valence-electron chi connectivity index (χ0n) is 18.7. The minimum atomic E-state index is -2.91. The third-order valence-corrected chi connectivity index (χ3v) is 5.96. The van der Waals surface area contributed by atoms with E-state index in [0.29, 0.717) is 32.1 Å². The molecule has 0 bridgehead atoms. The van der Waals surface area contributed by atoms with Gasteiger partial charge in [-0.3, -0.25) is 4.90 Å². The summed E-state index contributed by atoms with van der Waals surface area (Å²) in [4.78, 5) is 22.6. The van der Waals surface area contributed by atoms with Crippen LogP contribution in [0.2, 0.25) is 0 Å². The molecule has 0 radical (unpaired) electrons. The summed E-state index contributed by atoms with van der Waals surface area (Å²) in [5.41, 5.74) is 1.86. The first-order chi connectivity index (χ1) is 17.3. The molecule has 0 unspecified atom stereocenters. The molecule has 5 rings (SSSR count). The van der Waals surface area contributed by atoms with E-state index >= 15 is 0 Å². The predicted octanol–water partition coefficient (Wildman–Crippen LogP) is 7.28. The topological polar surface area (TPSA) is 83.2 Å². The molecule has 11 heteroatoms. The highest BCUT2D eigenvalue weighted by atomic mass is 79.9. The van der Waals surface area contributed by atoms with Crippen molar-refractivity contribution in [3.63, 3.8) is 0 Å². The molecule has 5 aromatic rings. The summed E-state index contributed by atoms with van der Waals surface area (Å²) in [5.74, 6) is -0.181. The molecular formula is C25H18BrF3N4O3. The first-order valence-corrected chi connectivity index (χ1v) is 11.6. The number of carbonyl (C=O) groups excluding carboxylic acids is 1. The molecular weight excluding hydrogens is 541 g/mol. The summed E-state index contributed by atoms with van der Waals surface area (Å²) in [6, 6.07) is 15.4. The Labute approximate surface area is 211 Å². The van der Waals surface area contributed by atoms with E-state index in [1.807, 2.05) is 0 Å². The fourth-order valence-electron chi connectivity index (χ4n) is 3.77. The highest BCUT2D eigenvalue weighted by Gasteiger charge is 2.23. The summed E-state index contributed by atoms with van der Waals surface area (Å²) < 4.78 is 52.9. The number of alkyl halides is 2. The molecule has 0 aliphatic rings. The number of carbonyl (C=O) groups is 1. The van der Waals surface area contributed by atoms with E-state index in [1.165, 1.54) is 24.3 Å². The Morgan fingerprint density at radius 1 is 1.03 bits per heavy atom. The molecule has 0 fully saturated rings. The number of esters is 1. The molecule has 0 aliphatic heterocycles. The van der Waals surface area contributed by atoms with Crippen LogP contribution >= 0.6 is 15.9 Å². The van der Waals surface area contributed by atoms with Gasteiger partial charge < -0.3 is 19.4 Å². The Balaban J connectivity index is 1.38. The van der Waals surface area contributed by atoms with Crippen molar-refractivity contribution in [2.45, 2.75) is 13.5 Å². The van der Waals surface area contributed by atoms with Crippen molar-refractivity contribution in [2.75, 3.05) is 11.5 Å². The van der Waals surface area contributed by atoms with E-state index in [4.69, 9.17) is 9.47 Å². The van der Waals surface area contributed by atoms with Gasteiger partial charge in [-0.15, -0.1) is 0 Å². The molecule has 0 saturated heterocycles. The van der Waals surface area contributed by atoms with Gasteiger partial charge in [0.05, 0.1) is 12.1 Å². The Morgan fingerprint density at radius 3 is 2.50 bits per heavy atom. The monoisotopic (exact) mass is 558 g/mol. The Kier molecular flexibility index (Phi) is 6.31. The molecule has 2 aromatic heterocycles. The van der Waals surface area contributed by atoms with Crippen LogP contribution < -0.4 is 9.64 Å². The number of fused-ring (bicyclic) bond motifs is 2. The second-order valence-corrected chi connectivity index (χ2v) is 8.59. The maximum Gasteiger partial charge on any atom is 0.354 e. The van der Waals surface area contributed by atoms with Crippen LogP contribution in [0.5, 0.6) is 11.5 Å². The number of aromatic nitrogens is 3. The predicted molar refractivity (Wildman–Crippen MR) is 133 cm³/mol. The van der Waals surface area contributed by atoms with Gasteiger partial charge in [-0.1, -0.05) is 0 Å². The maximum atomic E-state index is 14.0. The van der Waals surface area contributed by atoms with Gasteiger partial charge in [0.15, 0.2) is 0 Å². The molecule has 0 spiro atoms. The number of hydrogen-bond acceptors (Lipinski definition) is 5. The van der Waals surface area contributed by atoms with Crippen molar-refractivity contribution in [1.82, 2.24) is 15.0 Å². The highest BCUT2D eigenvalue weighted by molar-refractivity contribution is 9.10. The third-order valence-electron chi connectivity index (χ3n) is 5.35. The van der Waals surface area contributed by atoms with Crippen LogP contribution in [0.1, 0.15) is 17.4 Å². The van der Waals surface area contributed by atoms with Gasteiger partial charge in [0, 0.05) is 21.1 Å². The number of hydrogen-bond donors (Lipinski definition) is 2. The van der Waals surface area contributed by atoms with Crippen LogP contribution in [0.4, 0.5) is 24.8 Å². The number of H-pyrrole nitrogens is 2. The lowest BCUT2D eigenvalue weighted by molar-refractivity contribution is 0.0520. The quantitative estimate of drug-likeness (QED) is 0.162. The van der Waals surface area contributed by atoms with E-state index in [-0.39, 0.29) is 23.8 Å². The summed E-state index contributed by atoms with van der Waals surface area (Å²) in [6.45, 7) is -0.908. The van der Waals surface area contributed by atoms with Crippen molar-refractivity contribution in [1.29, 1.82) is 0 Å². The average molecular weight is 559 g/mol. The average Bonchev–Trinajstić information content (AvgIpc) is 3.44. The molecule has 184 valence electrons. The van der Waals surface area contributed by atoms with Crippen molar-refractivity contribution >= 4 is 55.5 Å². The van der Waals surface area contributed by atoms with Gasteiger partial charge in [-0.2, -0.15) is 8.78 Å². The number of halogens is 4. The summed E-state index contributed by atoms with van der Waals surface area (Å²) in [7, 11) is 0. The van der Waals surface area contributed by atoms with Crippen LogP contribution in [0.25, 0.3) is 21.9 Å². The number of nitrogens with zero attached hydrogens (tertiary/aromatic N) is 2. The number of ether oxygens (including phenoxy) is 2. The van der Waals surface area contributed by atoms with E-state index < -0.39 is 18.3 Å². The Hall–Kier alpha value is -3.99. The largest absolute Gasteiger partial charge is 0.461 e. The van der Waals surface area contributed by atoms with Gasteiger partial charge >= 0.3 is 12.5 Å².